The number of hydrogen-bond acceptors (Lipinski definition) is 5. The molecule has 0 spiro atoms. The van der Waals surface area contributed by atoms with E-state index in [-0.39, 0.29) is 28.4 Å². The van der Waals surface area contributed by atoms with E-state index in [0.29, 0.717) is 19.6 Å². The van der Waals surface area contributed by atoms with Crippen LogP contribution in [0, 0.1) is 11.6 Å². The number of ether oxygens (including phenoxy) is 1. The minimum atomic E-state index is -0.702. The van der Waals surface area contributed by atoms with Crippen molar-refractivity contribution in [1.82, 2.24) is 15.1 Å². The Labute approximate surface area is 146 Å². The molecule has 6 nitrogen and oxygen atoms in total. The Kier molecular flexibility index (Phi) is 4.18. The van der Waals surface area contributed by atoms with Crippen molar-refractivity contribution in [2.24, 2.45) is 0 Å². The van der Waals surface area contributed by atoms with E-state index in [1.54, 1.807) is 6.07 Å². The number of aromatic nitrogens is 3. The monoisotopic (exact) mass is 357 g/mol. The van der Waals surface area contributed by atoms with Crippen LogP contribution < -0.4 is 5.56 Å². The summed E-state index contributed by atoms with van der Waals surface area (Å²) in [5.41, 5.74) is 1.40. The molecule has 26 heavy (non-hydrogen) atoms. The van der Waals surface area contributed by atoms with Crippen molar-refractivity contribution < 1.29 is 18.0 Å². The summed E-state index contributed by atoms with van der Waals surface area (Å²) in [6.45, 7) is 0.961. The van der Waals surface area contributed by atoms with Crippen LogP contribution in [0.1, 0.15) is 22.7 Å². The number of halogens is 2. The number of hydrogen-bond donors (Lipinski definition) is 1. The first kappa shape index (κ1) is 16.3. The molecule has 3 aromatic rings. The molecule has 2 aromatic heterocycles. The molecule has 3 heterocycles. The van der Waals surface area contributed by atoms with Gasteiger partial charge in [0, 0.05) is 23.8 Å². The van der Waals surface area contributed by atoms with E-state index < -0.39 is 11.6 Å². The number of nitrogens with zero attached hydrogens (tertiary/aromatic N) is 2. The van der Waals surface area contributed by atoms with Crippen LogP contribution in [0.15, 0.2) is 33.6 Å². The van der Waals surface area contributed by atoms with E-state index in [0.717, 1.165) is 23.4 Å². The number of benzene rings is 1. The lowest BCUT2D eigenvalue weighted by Crippen LogP contribution is -2.19. The van der Waals surface area contributed by atoms with Crippen molar-refractivity contribution in [3.63, 3.8) is 0 Å². The maximum Gasteiger partial charge on any atom is 0.259 e. The zero-order chi connectivity index (χ0) is 18.1. The van der Waals surface area contributed by atoms with Crippen LogP contribution in [0.3, 0.4) is 0 Å². The molecule has 0 atom stereocenters. The minimum absolute atomic E-state index is 0.0241. The van der Waals surface area contributed by atoms with E-state index >= 15 is 0 Å². The summed E-state index contributed by atoms with van der Waals surface area (Å²) < 4.78 is 37.7. The van der Waals surface area contributed by atoms with Crippen molar-refractivity contribution in [2.75, 3.05) is 6.61 Å². The summed E-state index contributed by atoms with van der Waals surface area (Å²) in [5, 5.41) is 3.77. The smallest absolute Gasteiger partial charge is 0.259 e. The van der Waals surface area contributed by atoms with Gasteiger partial charge in [-0.05, 0) is 29.8 Å². The fraction of sp³-hybridized carbons (Fsp3) is 0.167. The van der Waals surface area contributed by atoms with Gasteiger partial charge in [0.25, 0.3) is 11.4 Å². The molecule has 0 amide bonds. The van der Waals surface area contributed by atoms with E-state index in [2.05, 4.69) is 15.1 Å². The van der Waals surface area contributed by atoms with Gasteiger partial charge in [-0.15, -0.1) is 0 Å². The molecule has 1 aromatic carbocycles. The van der Waals surface area contributed by atoms with Gasteiger partial charge in [-0.2, -0.15) is 4.98 Å². The Balaban J connectivity index is 1.65. The van der Waals surface area contributed by atoms with Crippen molar-refractivity contribution in [3.8, 4) is 11.4 Å². The highest BCUT2D eigenvalue weighted by Crippen LogP contribution is 2.20. The molecular formula is C18H13F2N3O3. The van der Waals surface area contributed by atoms with Crippen LogP contribution in [0.25, 0.3) is 23.5 Å². The van der Waals surface area contributed by atoms with E-state index in [4.69, 9.17) is 9.26 Å². The molecule has 0 saturated carbocycles. The van der Waals surface area contributed by atoms with Gasteiger partial charge >= 0.3 is 0 Å². The summed E-state index contributed by atoms with van der Waals surface area (Å²) in [6.07, 6.45) is 3.12. The average molecular weight is 357 g/mol. The Morgan fingerprint density at radius 3 is 2.81 bits per heavy atom. The van der Waals surface area contributed by atoms with Gasteiger partial charge in [-0.1, -0.05) is 11.2 Å². The van der Waals surface area contributed by atoms with Gasteiger partial charge < -0.3 is 14.2 Å². The maximum atomic E-state index is 13.6. The Hall–Kier alpha value is -3.13. The zero-order valence-electron chi connectivity index (χ0n) is 13.5. The molecule has 8 heteroatoms. The standard InChI is InChI=1S/C18H13F2N3O3/c19-13-2-1-3-14(20)11(13)4-5-16-22-17(23-26-16)12-8-10-9-25-7-6-15(10)21-18(12)24/h1-5,8H,6-7,9H2,(H,21,24)/b5-4+. The van der Waals surface area contributed by atoms with Gasteiger partial charge in [0.2, 0.25) is 5.82 Å². The van der Waals surface area contributed by atoms with Crippen molar-refractivity contribution in [1.29, 1.82) is 0 Å². The van der Waals surface area contributed by atoms with Gasteiger partial charge in [0.15, 0.2) is 0 Å². The second kappa shape index (κ2) is 6.64. The summed E-state index contributed by atoms with van der Waals surface area (Å²) in [7, 11) is 0. The van der Waals surface area contributed by atoms with Crippen LogP contribution in [0.2, 0.25) is 0 Å². The van der Waals surface area contributed by atoms with Gasteiger partial charge in [0.05, 0.1) is 18.8 Å². The molecule has 0 aliphatic carbocycles. The molecule has 0 saturated heterocycles. The van der Waals surface area contributed by atoms with E-state index in [1.165, 1.54) is 18.2 Å². The van der Waals surface area contributed by atoms with Crippen LogP contribution >= 0.6 is 0 Å². The third-order valence-electron chi connectivity index (χ3n) is 4.04. The highest BCUT2D eigenvalue weighted by atomic mass is 19.1. The predicted octanol–water partition coefficient (Wildman–Crippen LogP) is 2.95. The average Bonchev–Trinajstić information content (AvgIpc) is 3.09. The fourth-order valence-corrected chi connectivity index (χ4v) is 2.72. The highest BCUT2D eigenvalue weighted by molar-refractivity contribution is 5.67. The van der Waals surface area contributed by atoms with E-state index in [9.17, 15) is 13.6 Å². The van der Waals surface area contributed by atoms with Gasteiger partial charge in [-0.25, -0.2) is 8.78 Å². The third kappa shape index (κ3) is 3.06. The molecular weight excluding hydrogens is 344 g/mol. The first-order valence-electron chi connectivity index (χ1n) is 7.91. The number of nitrogens with one attached hydrogen (secondary N) is 1. The normalized spacial score (nSPS) is 13.9. The number of fused-ring (bicyclic) bond motifs is 1. The topological polar surface area (TPSA) is 81.0 Å². The van der Waals surface area contributed by atoms with Crippen LogP contribution in [-0.4, -0.2) is 21.7 Å². The Bertz CT molecular complexity index is 1040. The van der Waals surface area contributed by atoms with Crippen LogP contribution in [0.4, 0.5) is 8.78 Å². The molecule has 0 fully saturated rings. The predicted molar refractivity (Wildman–Crippen MR) is 89.0 cm³/mol. The lowest BCUT2D eigenvalue weighted by Gasteiger charge is -2.15. The lowest BCUT2D eigenvalue weighted by atomic mass is 10.1. The third-order valence-corrected chi connectivity index (χ3v) is 4.04. The quantitative estimate of drug-likeness (QED) is 0.779. The van der Waals surface area contributed by atoms with Crippen LogP contribution in [0.5, 0.6) is 0 Å². The maximum absolute atomic E-state index is 13.6. The van der Waals surface area contributed by atoms with Gasteiger partial charge in [0.1, 0.15) is 11.6 Å². The fourth-order valence-electron chi connectivity index (χ4n) is 2.72. The van der Waals surface area contributed by atoms with E-state index in [1.807, 2.05) is 0 Å². The second-order valence-electron chi connectivity index (χ2n) is 5.74. The Morgan fingerprint density at radius 2 is 2.00 bits per heavy atom. The van der Waals surface area contributed by atoms with Crippen molar-refractivity contribution >= 4 is 12.2 Å². The molecule has 1 aliphatic rings. The first-order valence-corrected chi connectivity index (χ1v) is 7.91. The SMILES string of the molecule is O=c1[nH]c2c(cc1-c1noc(/C=C/c3c(F)cccc3F)n1)COCC2. The molecule has 1 aliphatic heterocycles. The number of H-pyrrole nitrogens is 1. The summed E-state index contributed by atoms with van der Waals surface area (Å²) in [6, 6.07) is 5.24. The molecule has 0 radical (unpaired) electrons. The van der Waals surface area contributed by atoms with Crippen molar-refractivity contribution in [2.45, 2.75) is 13.0 Å². The summed E-state index contributed by atoms with van der Waals surface area (Å²) >= 11 is 0. The van der Waals surface area contributed by atoms with Crippen LogP contribution in [-0.2, 0) is 17.8 Å². The molecule has 0 bridgehead atoms. The first-order chi connectivity index (χ1) is 12.6. The highest BCUT2D eigenvalue weighted by Gasteiger charge is 2.17. The lowest BCUT2D eigenvalue weighted by molar-refractivity contribution is 0.109. The largest absolute Gasteiger partial charge is 0.376 e. The number of rotatable bonds is 3. The zero-order valence-corrected chi connectivity index (χ0v) is 13.5. The second-order valence-corrected chi connectivity index (χ2v) is 5.74. The number of pyridine rings is 1. The molecule has 132 valence electrons. The molecule has 1 N–H and O–H groups in total. The summed E-state index contributed by atoms with van der Waals surface area (Å²) in [5.74, 6) is -1.29. The Morgan fingerprint density at radius 1 is 1.19 bits per heavy atom. The number of aromatic amines is 1. The molecule has 4 rings (SSSR count). The van der Waals surface area contributed by atoms with Crippen molar-refractivity contribution in [3.05, 3.63) is 69.0 Å². The summed E-state index contributed by atoms with van der Waals surface area (Å²) in [4.78, 5) is 19.1. The molecule has 0 unspecified atom stereocenters. The minimum Gasteiger partial charge on any atom is -0.376 e. The van der Waals surface area contributed by atoms with Gasteiger partial charge in [-0.3, -0.25) is 4.79 Å².